The van der Waals surface area contributed by atoms with Gasteiger partial charge in [-0.2, -0.15) is 10.2 Å². The average molecular weight is 903 g/mol. The first-order valence-electron chi connectivity index (χ1n) is 22.7. The molecule has 14 heteroatoms. The summed E-state index contributed by atoms with van der Waals surface area (Å²) in [5.74, 6) is -1.58. The molecular formula is C52H54N6O7Si. The van der Waals surface area contributed by atoms with Crippen molar-refractivity contribution in [2.45, 2.75) is 82.5 Å². The molecule has 9 rings (SSSR count). The van der Waals surface area contributed by atoms with Gasteiger partial charge in [-0.3, -0.25) is 19.2 Å². The number of nitrogens with zero attached hydrogens (tertiary/aromatic N) is 6. The van der Waals surface area contributed by atoms with Crippen LogP contribution < -0.4 is 14.9 Å². The van der Waals surface area contributed by atoms with Crippen molar-refractivity contribution in [3.63, 3.8) is 0 Å². The van der Waals surface area contributed by atoms with Gasteiger partial charge in [0.05, 0.1) is 54.2 Å². The van der Waals surface area contributed by atoms with Gasteiger partial charge in [0.15, 0.2) is 13.9 Å². The molecule has 1 fully saturated rings. The predicted octanol–water partition coefficient (Wildman–Crippen LogP) is 7.50. The Labute approximate surface area is 385 Å². The minimum Gasteiger partial charge on any atom is -0.432 e. The smallest absolute Gasteiger partial charge is 0.264 e. The van der Waals surface area contributed by atoms with Crippen LogP contribution in [-0.2, 0) is 42.6 Å². The van der Waals surface area contributed by atoms with Crippen molar-refractivity contribution in [1.82, 2.24) is 4.90 Å². The first-order valence-corrected chi connectivity index (χ1v) is 25.7. The Morgan fingerprint density at radius 1 is 0.742 bits per heavy atom. The number of amides is 4. The van der Waals surface area contributed by atoms with Crippen LogP contribution in [0.25, 0.3) is 0 Å². The van der Waals surface area contributed by atoms with Gasteiger partial charge in [0.1, 0.15) is 0 Å². The Hall–Kier alpha value is -6.58. The Bertz CT molecular complexity index is 2710. The zero-order chi connectivity index (χ0) is 46.2. The second-order valence-corrected chi connectivity index (χ2v) is 22.1. The van der Waals surface area contributed by atoms with Crippen LogP contribution in [-0.4, -0.2) is 77.4 Å². The van der Waals surface area contributed by atoms with E-state index in [0.717, 1.165) is 33.7 Å². The number of ether oxygens (including phenoxy) is 1. The van der Waals surface area contributed by atoms with E-state index in [1.165, 1.54) is 10.0 Å². The monoisotopic (exact) mass is 902 g/mol. The molecule has 4 aliphatic heterocycles. The number of aliphatic hydroxyl groups is 1. The molecule has 4 aliphatic rings. The lowest BCUT2D eigenvalue weighted by molar-refractivity contribution is -0.150. The summed E-state index contributed by atoms with van der Waals surface area (Å²) < 4.78 is 7.13. The highest BCUT2D eigenvalue weighted by atomic mass is 28.4. The number of carbonyl (C=O) groups excluding carboxylic acids is 4. The lowest BCUT2D eigenvalue weighted by Crippen LogP contribution is -2.46. The van der Waals surface area contributed by atoms with Crippen LogP contribution in [0.5, 0.6) is 0 Å². The minimum atomic E-state index is -3.20. The lowest BCUT2D eigenvalue weighted by Gasteiger charge is -2.33. The van der Waals surface area contributed by atoms with Crippen molar-refractivity contribution in [3.8, 4) is 0 Å². The summed E-state index contributed by atoms with van der Waals surface area (Å²) >= 11 is 0. The molecule has 5 aromatic rings. The fraction of sp³-hybridized carbons (Fsp3) is 0.308. The predicted molar refractivity (Wildman–Crippen MR) is 256 cm³/mol. The molecule has 5 aromatic carbocycles. The highest BCUT2D eigenvalue weighted by molar-refractivity contribution is 6.71. The van der Waals surface area contributed by atoms with E-state index < -0.39 is 31.5 Å². The molecule has 1 spiro atoms. The van der Waals surface area contributed by atoms with Gasteiger partial charge in [-0.15, -0.1) is 0 Å². The fourth-order valence-electron chi connectivity index (χ4n) is 10.2. The van der Waals surface area contributed by atoms with Gasteiger partial charge in [0, 0.05) is 55.8 Å². The molecule has 66 heavy (non-hydrogen) atoms. The third-order valence-corrected chi connectivity index (χ3v) is 15.8. The van der Waals surface area contributed by atoms with E-state index in [9.17, 15) is 24.3 Å². The number of aliphatic hydroxyl groups excluding tert-OH is 1. The quantitative estimate of drug-likeness (QED) is 0.116. The van der Waals surface area contributed by atoms with Crippen molar-refractivity contribution in [1.29, 1.82) is 0 Å². The van der Waals surface area contributed by atoms with Crippen molar-refractivity contribution in [3.05, 3.63) is 161 Å². The second-order valence-electron chi connectivity index (χ2n) is 18.1. The van der Waals surface area contributed by atoms with E-state index in [4.69, 9.17) is 14.9 Å². The van der Waals surface area contributed by atoms with Gasteiger partial charge in [0.25, 0.3) is 5.91 Å². The first-order chi connectivity index (χ1) is 31.8. The fourth-order valence-corrected chi connectivity index (χ4v) is 12.8. The largest absolute Gasteiger partial charge is 0.432 e. The van der Waals surface area contributed by atoms with E-state index in [2.05, 4.69) is 0 Å². The number of hydrazone groups is 2. The van der Waals surface area contributed by atoms with E-state index in [-0.39, 0.29) is 62.7 Å². The van der Waals surface area contributed by atoms with Crippen LogP contribution >= 0.6 is 0 Å². The molecule has 0 saturated carbocycles. The molecule has 2 N–H and O–H groups in total. The van der Waals surface area contributed by atoms with E-state index >= 15 is 4.79 Å². The van der Waals surface area contributed by atoms with Gasteiger partial charge in [0.2, 0.25) is 17.7 Å². The van der Waals surface area contributed by atoms with E-state index in [0.29, 0.717) is 41.9 Å². The molecule has 4 heterocycles. The number of anilines is 3. The molecule has 338 valence electrons. The molecule has 0 aliphatic carbocycles. The SMILES string of the molecule is C[C@H]1[C@H]([Si](C)(C)O)[C@@H](CC(=O)N(CCO)Cc2ccccc2)O[C@]12C(=O)N(Cc1cccc(N3N=C(c4ccccc4)CCC3=O)c1)c1ccc(N3N=C(c4ccccc4)CCC3=O)cc12. The normalized spacial score (nSPS) is 21.9. The van der Waals surface area contributed by atoms with Crippen molar-refractivity contribution in [2.24, 2.45) is 16.1 Å². The molecular weight excluding hydrogens is 849 g/mol. The van der Waals surface area contributed by atoms with Gasteiger partial charge in [-0.1, -0.05) is 110 Å². The van der Waals surface area contributed by atoms with Crippen LogP contribution in [0.4, 0.5) is 17.1 Å². The highest BCUT2D eigenvalue weighted by Gasteiger charge is 2.66. The van der Waals surface area contributed by atoms with Gasteiger partial charge < -0.3 is 24.4 Å². The Morgan fingerprint density at radius 2 is 1.30 bits per heavy atom. The zero-order valence-electron chi connectivity index (χ0n) is 37.4. The van der Waals surface area contributed by atoms with E-state index in [1.807, 2.05) is 147 Å². The summed E-state index contributed by atoms with van der Waals surface area (Å²) in [5, 5.41) is 22.5. The lowest BCUT2D eigenvalue weighted by atomic mass is 9.82. The third-order valence-electron chi connectivity index (χ3n) is 13.3. The molecule has 0 bridgehead atoms. The molecule has 4 atom stereocenters. The highest BCUT2D eigenvalue weighted by Crippen LogP contribution is 2.60. The van der Waals surface area contributed by atoms with Crippen molar-refractivity contribution < 1.29 is 33.8 Å². The average Bonchev–Trinajstić information content (AvgIpc) is 3.75. The minimum absolute atomic E-state index is 0.0982. The van der Waals surface area contributed by atoms with Crippen LogP contribution in [0.15, 0.2) is 144 Å². The number of carbonyl (C=O) groups is 4. The Kier molecular flexibility index (Phi) is 12.4. The van der Waals surface area contributed by atoms with Gasteiger partial charge >= 0.3 is 0 Å². The zero-order valence-corrected chi connectivity index (χ0v) is 38.4. The summed E-state index contributed by atoms with van der Waals surface area (Å²) in [5.41, 5.74) is 4.92. The first kappa shape index (κ1) is 44.6. The number of rotatable bonds is 13. The Balaban J connectivity index is 1.11. The summed E-state index contributed by atoms with van der Waals surface area (Å²) in [6.45, 7) is 5.76. The number of hydrogen-bond acceptors (Lipinski definition) is 9. The number of benzene rings is 5. The number of hydrogen-bond donors (Lipinski definition) is 2. The van der Waals surface area contributed by atoms with Gasteiger partial charge in [-0.05, 0) is 65.7 Å². The molecule has 1 saturated heterocycles. The summed E-state index contributed by atoms with van der Waals surface area (Å²) in [6, 6.07) is 41.9. The third kappa shape index (κ3) is 8.52. The second kappa shape index (κ2) is 18.4. The maximum absolute atomic E-state index is 15.6. The van der Waals surface area contributed by atoms with Crippen molar-refractivity contribution >= 4 is 60.4 Å². The van der Waals surface area contributed by atoms with Crippen LogP contribution in [0, 0.1) is 5.92 Å². The molecule has 4 amide bonds. The summed E-state index contributed by atoms with van der Waals surface area (Å²) in [7, 11) is -3.20. The standard InChI is InChI=1S/C52H54N6O7Si/c1-35-50(66(2,3)64)46(32-49(62)55(28-29-59)33-36-14-7-4-8-15-36)65-52(35)42-31-41(58-48(61)27-24-44(54-58)39-19-11-6-12-20-39)22-25-45(42)56(51(52)63)34-37-16-13-21-40(30-37)57-47(60)26-23-43(53-57)38-17-9-5-10-18-38/h4-22,25,30-31,35,46,50,59,64H,23-24,26-29,32-34H2,1-3H3/t35-,46+,50-,52+/m0/s1. The molecule has 0 radical (unpaired) electrons. The maximum Gasteiger partial charge on any atom is 0.264 e. The molecule has 13 nitrogen and oxygen atoms in total. The number of fused-ring (bicyclic) bond motifs is 2. The topological polar surface area (TPSA) is 156 Å². The maximum atomic E-state index is 15.6. The molecule has 0 aromatic heterocycles. The van der Waals surface area contributed by atoms with Gasteiger partial charge in [-0.25, -0.2) is 10.0 Å². The Morgan fingerprint density at radius 3 is 1.88 bits per heavy atom. The van der Waals surface area contributed by atoms with Crippen LogP contribution in [0.1, 0.15) is 66.8 Å². The van der Waals surface area contributed by atoms with Crippen LogP contribution in [0.3, 0.4) is 0 Å². The molecule has 0 unspecified atom stereocenters. The van der Waals surface area contributed by atoms with Crippen molar-refractivity contribution in [2.75, 3.05) is 28.1 Å². The van der Waals surface area contributed by atoms with E-state index in [1.54, 1.807) is 15.9 Å². The summed E-state index contributed by atoms with van der Waals surface area (Å²) in [4.78, 5) is 72.3. The summed E-state index contributed by atoms with van der Waals surface area (Å²) in [6.07, 6.45) is 0.551. The van der Waals surface area contributed by atoms with Crippen LogP contribution in [0.2, 0.25) is 18.6 Å².